The van der Waals surface area contributed by atoms with Crippen molar-refractivity contribution in [3.8, 4) is 0 Å². The van der Waals surface area contributed by atoms with Crippen LogP contribution in [0.25, 0.3) is 10.9 Å². The van der Waals surface area contributed by atoms with Gasteiger partial charge in [0.25, 0.3) is 5.56 Å². The Balaban J connectivity index is 1.53. The Morgan fingerprint density at radius 2 is 2.21 bits per heavy atom. The van der Waals surface area contributed by atoms with E-state index in [2.05, 4.69) is 25.0 Å². The Hall–Kier alpha value is -2.54. The van der Waals surface area contributed by atoms with Crippen LogP contribution in [0.5, 0.6) is 0 Å². The van der Waals surface area contributed by atoms with Crippen molar-refractivity contribution >= 4 is 10.9 Å². The third-order valence-corrected chi connectivity index (χ3v) is 4.43. The minimum Gasteiger partial charge on any atom is -0.339 e. The molecule has 4 rings (SSSR count). The Labute approximate surface area is 138 Å². The standard InChI is InChI=1S/C17H19N5O2/c1-11-18-17(24-21-11)12-5-4-8-22(9-12)10-15-19-14-7-3-2-6-13(14)16(23)20-15/h2-3,6-7,12H,4-5,8-10H2,1H3,(H,19,20,23)/t12-/m1/s1. The summed E-state index contributed by atoms with van der Waals surface area (Å²) in [4.78, 5) is 26.3. The molecular weight excluding hydrogens is 306 g/mol. The fourth-order valence-electron chi connectivity index (χ4n) is 3.30. The lowest BCUT2D eigenvalue weighted by atomic mass is 9.98. The fourth-order valence-corrected chi connectivity index (χ4v) is 3.30. The molecule has 0 saturated carbocycles. The molecule has 3 aromatic rings. The molecule has 0 amide bonds. The fraction of sp³-hybridized carbons (Fsp3) is 0.412. The molecule has 0 spiro atoms. The molecule has 1 fully saturated rings. The van der Waals surface area contributed by atoms with Gasteiger partial charge in [0.15, 0.2) is 5.82 Å². The van der Waals surface area contributed by atoms with Gasteiger partial charge in [0.05, 0.1) is 23.4 Å². The van der Waals surface area contributed by atoms with Gasteiger partial charge >= 0.3 is 0 Å². The zero-order chi connectivity index (χ0) is 16.5. The maximum atomic E-state index is 12.2. The largest absolute Gasteiger partial charge is 0.339 e. The van der Waals surface area contributed by atoms with Crippen LogP contribution in [0.3, 0.4) is 0 Å². The summed E-state index contributed by atoms with van der Waals surface area (Å²) < 4.78 is 5.32. The average molecular weight is 325 g/mol. The molecule has 1 atom stereocenters. The maximum Gasteiger partial charge on any atom is 0.258 e. The number of aromatic amines is 1. The van der Waals surface area contributed by atoms with Crippen LogP contribution in [-0.4, -0.2) is 38.1 Å². The SMILES string of the molecule is Cc1noc([C@@H]2CCCN(Cc3nc4ccccc4c(=O)[nH]3)C2)n1. The molecule has 0 radical (unpaired) electrons. The van der Waals surface area contributed by atoms with Crippen molar-refractivity contribution in [1.82, 2.24) is 25.0 Å². The van der Waals surface area contributed by atoms with Gasteiger partial charge in [0, 0.05) is 6.54 Å². The Bertz CT molecular complexity index is 916. The van der Waals surface area contributed by atoms with Crippen LogP contribution in [0.15, 0.2) is 33.6 Å². The summed E-state index contributed by atoms with van der Waals surface area (Å²) >= 11 is 0. The monoisotopic (exact) mass is 325 g/mol. The van der Waals surface area contributed by atoms with E-state index >= 15 is 0 Å². The number of para-hydroxylation sites is 1. The van der Waals surface area contributed by atoms with E-state index in [0.717, 1.165) is 31.4 Å². The van der Waals surface area contributed by atoms with Crippen LogP contribution in [0, 0.1) is 6.92 Å². The summed E-state index contributed by atoms with van der Waals surface area (Å²) in [7, 11) is 0. The summed E-state index contributed by atoms with van der Waals surface area (Å²) in [6, 6.07) is 7.40. The molecule has 1 aromatic carbocycles. The molecule has 3 heterocycles. The molecule has 1 N–H and O–H groups in total. The van der Waals surface area contributed by atoms with E-state index in [1.807, 2.05) is 25.1 Å². The number of fused-ring (bicyclic) bond motifs is 1. The predicted octanol–water partition coefficient (Wildman–Crippen LogP) is 1.99. The summed E-state index contributed by atoms with van der Waals surface area (Å²) in [5.74, 6) is 2.31. The van der Waals surface area contributed by atoms with Crippen molar-refractivity contribution in [3.63, 3.8) is 0 Å². The second-order valence-electron chi connectivity index (χ2n) is 6.28. The molecule has 7 heteroatoms. The summed E-state index contributed by atoms with van der Waals surface area (Å²) in [5.41, 5.74) is 0.647. The molecule has 7 nitrogen and oxygen atoms in total. The molecule has 0 aliphatic carbocycles. The lowest BCUT2D eigenvalue weighted by Crippen LogP contribution is -2.35. The van der Waals surface area contributed by atoms with Crippen LogP contribution in [-0.2, 0) is 6.54 Å². The van der Waals surface area contributed by atoms with Gasteiger partial charge in [0.2, 0.25) is 5.89 Å². The highest BCUT2D eigenvalue weighted by molar-refractivity contribution is 5.77. The first-order valence-corrected chi connectivity index (χ1v) is 8.19. The van der Waals surface area contributed by atoms with Crippen molar-refractivity contribution in [1.29, 1.82) is 0 Å². The van der Waals surface area contributed by atoms with E-state index < -0.39 is 0 Å². The van der Waals surface area contributed by atoms with E-state index in [-0.39, 0.29) is 11.5 Å². The number of aryl methyl sites for hydroxylation is 1. The van der Waals surface area contributed by atoms with Crippen LogP contribution in [0.2, 0.25) is 0 Å². The van der Waals surface area contributed by atoms with Gasteiger partial charge in [0.1, 0.15) is 5.82 Å². The molecule has 2 aromatic heterocycles. The molecular formula is C17H19N5O2. The predicted molar refractivity (Wildman–Crippen MR) is 88.7 cm³/mol. The number of nitrogens with one attached hydrogen (secondary N) is 1. The van der Waals surface area contributed by atoms with Gasteiger partial charge in [-0.25, -0.2) is 4.98 Å². The Morgan fingerprint density at radius 1 is 1.33 bits per heavy atom. The first kappa shape index (κ1) is 15.0. The molecule has 0 bridgehead atoms. The summed E-state index contributed by atoms with van der Waals surface area (Å²) in [5, 5.41) is 4.51. The molecule has 124 valence electrons. The smallest absolute Gasteiger partial charge is 0.258 e. The van der Waals surface area contributed by atoms with E-state index in [1.165, 1.54) is 0 Å². The molecule has 1 aliphatic rings. The average Bonchev–Trinajstić information content (AvgIpc) is 3.02. The number of nitrogens with zero attached hydrogens (tertiary/aromatic N) is 4. The lowest BCUT2D eigenvalue weighted by molar-refractivity contribution is 0.176. The zero-order valence-corrected chi connectivity index (χ0v) is 13.5. The number of H-pyrrole nitrogens is 1. The van der Waals surface area contributed by atoms with E-state index in [9.17, 15) is 4.79 Å². The molecule has 1 saturated heterocycles. The minimum absolute atomic E-state index is 0.0864. The highest BCUT2D eigenvalue weighted by atomic mass is 16.5. The van der Waals surface area contributed by atoms with Crippen molar-refractivity contribution in [2.45, 2.75) is 32.2 Å². The van der Waals surface area contributed by atoms with Crippen LogP contribution in [0.1, 0.15) is 36.3 Å². The Kier molecular flexibility index (Phi) is 3.86. The van der Waals surface area contributed by atoms with E-state index in [1.54, 1.807) is 6.07 Å². The van der Waals surface area contributed by atoms with Crippen LogP contribution >= 0.6 is 0 Å². The quantitative estimate of drug-likeness (QED) is 0.792. The van der Waals surface area contributed by atoms with E-state index in [4.69, 9.17) is 4.52 Å². The first-order valence-electron chi connectivity index (χ1n) is 8.19. The van der Waals surface area contributed by atoms with Crippen molar-refractivity contribution < 1.29 is 4.52 Å². The third-order valence-electron chi connectivity index (χ3n) is 4.43. The first-order chi connectivity index (χ1) is 11.7. The van der Waals surface area contributed by atoms with Crippen molar-refractivity contribution in [3.05, 3.63) is 52.2 Å². The highest BCUT2D eigenvalue weighted by Crippen LogP contribution is 2.26. The van der Waals surface area contributed by atoms with E-state index in [0.29, 0.717) is 29.5 Å². The van der Waals surface area contributed by atoms with Gasteiger partial charge in [-0.15, -0.1) is 0 Å². The molecule has 0 unspecified atom stereocenters. The number of hydrogen-bond acceptors (Lipinski definition) is 6. The van der Waals surface area contributed by atoms with Gasteiger partial charge < -0.3 is 9.51 Å². The number of piperidine rings is 1. The summed E-state index contributed by atoms with van der Waals surface area (Å²) in [6.45, 7) is 4.25. The Morgan fingerprint density at radius 3 is 3.04 bits per heavy atom. The molecule has 24 heavy (non-hydrogen) atoms. The zero-order valence-electron chi connectivity index (χ0n) is 13.5. The summed E-state index contributed by atoms with van der Waals surface area (Å²) in [6.07, 6.45) is 2.10. The van der Waals surface area contributed by atoms with Gasteiger partial charge in [-0.3, -0.25) is 9.69 Å². The number of benzene rings is 1. The third kappa shape index (κ3) is 2.94. The topological polar surface area (TPSA) is 87.9 Å². The number of likely N-dealkylation sites (tertiary alicyclic amines) is 1. The second kappa shape index (κ2) is 6.16. The van der Waals surface area contributed by atoms with Gasteiger partial charge in [-0.2, -0.15) is 4.98 Å². The van der Waals surface area contributed by atoms with Crippen molar-refractivity contribution in [2.75, 3.05) is 13.1 Å². The van der Waals surface area contributed by atoms with Crippen LogP contribution < -0.4 is 5.56 Å². The second-order valence-corrected chi connectivity index (χ2v) is 6.28. The van der Waals surface area contributed by atoms with Gasteiger partial charge in [-0.1, -0.05) is 17.3 Å². The van der Waals surface area contributed by atoms with Crippen LogP contribution in [0.4, 0.5) is 0 Å². The number of hydrogen-bond donors (Lipinski definition) is 1. The highest BCUT2D eigenvalue weighted by Gasteiger charge is 2.26. The maximum absolute atomic E-state index is 12.2. The molecule has 1 aliphatic heterocycles. The minimum atomic E-state index is -0.0864. The van der Waals surface area contributed by atoms with Crippen molar-refractivity contribution in [2.24, 2.45) is 0 Å². The number of rotatable bonds is 3. The van der Waals surface area contributed by atoms with Gasteiger partial charge in [-0.05, 0) is 38.4 Å². The normalized spacial score (nSPS) is 19.0. The number of aromatic nitrogens is 4. The lowest BCUT2D eigenvalue weighted by Gasteiger charge is -2.30.